The molecule has 2 rings (SSSR count). The monoisotopic (exact) mass is 295 g/mol. The van der Waals surface area contributed by atoms with Crippen molar-refractivity contribution in [3.8, 4) is 0 Å². The Morgan fingerprint density at radius 2 is 2.10 bits per heavy atom. The number of hydrogen-bond donors (Lipinski definition) is 2. The second kappa shape index (κ2) is 6.55. The zero-order valence-electron chi connectivity index (χ0n) is 11.9. The van der Waals surface area contributed by atoms with E-state index < -0.39 is 0 Å². The molecule has 0 aromatic carbocycles. The van der Waals surface area contributed by atoms with Gasteiger partial charge in [0.15, 0.2) is 0 Å². The van der Waals surface area contributed by atoms with Crippen molar-refractivity contribution in [1.29, 1.82) is 0 Å². The van der Waals surface area contributed by atoms with Gasteiger partial charge in [-0.25, -0.2) is 4.98 Å². The van der Waals surface area contributed by atoms with Crippen molar-refractivity contribution >= 4 is 23.2 Å². The fourth-order valence-corrected chi connectivity index (χ4v) is 3.14. The number of nitrogens with zero attached hydrogens (tertiary/aromatic N) is 1. The molecule has 20 heavy (non-hydrogen) atoms. The number of carbonyl (C=O) groups is 1. The van der Waals surface area contributed by atoms with Crippen LogP contribution in [-0.2, 0) is 4.79 Å². The van der Waals surface area contributed by atoms with Crippen molar-refractivity contribution in [1.82, 2.24) is 4.98 Å². The van der Waals surface area contributed by atoms with E-state index in [9.17, 15) is 4.79 Å². The second-order valence-corrected chi connectivity index (χ2v) is 6.14. The Morgan fingerprint density at radius 1 is 1.40 bits per heavy atom. The van der Waals surface area contributed by atoms with Crippen molar-refractivity contribution in [2.24, 2.45) is 11.1 Å². The van der Waals surface area contributed by atoms with E-state index in [1.807, 2.05) is 6.92 Å². The molecule has 4 nitrogen and oxygen atoms in total. The number of amides is 1. The molecule has 1 saturated carbocycles. The molecule has 5 heteroatoms. The van der Waals surface area contributed by atoms with Gasteiger partial charge in [0.05, 0.1) is 11.4 Å². The van der Waals surface area contributed by atoms with Gasteiger partial charge in [-0.05, 0) is 43.9 Å². The average Bonchev–Trinajstić information content (AvgIpc) is 2.43. The number of carbonyl (C=O) groups excluding carboxylic acids is 1. The summed E-state index contributed by atoms with van der Waals surface area (Å²) in [6.45, 7) is 2.42. The number of aryl methyl sites for hydroxylation is 1. The molecule has 1 aromatic heterocycles. The minimum absolute atomic E-state index is 0.0178. The summed E-state index contributed by atoms with van der Waals surface area (Å²) < 4.78 is 0. The van der Waals surface area contributed by atoms with Crippen molar-refractivity contribution in [2.45, 2.75) is 45.4 Å². The average molecular weight is 296 g/mol. The molecule has 1 aliphatic rings. The van der Waals surface area contributed by atoms with E-state index in [0.29, 0.717) is 18.1 Å². The number of aromatic nitrogens is 1. The molecule has 0 radical (unpaired) electrons. The van der Waals surface area contributed by atoms with E-state index in [4.69, 9.17) is 17.3 Å². The van der Waals surface area contributed by atoms with Crippen molar-refractivity contribution in [3.63, 3.8) is 0 Å². The third-order valence-corrected chi connectivity index (χ3v) is 4.42. The van der Waals surface area contributed by atoms with Crippen LogP contribution in [0.3, 0.4) is 0 Å². The summed E-state index contributed by atoms with van der Waals surface area (Å²) in [7, 11) is 0. The minimum atomic E-state index is -0.0178. The summed E-state index contributed by atoms with van der Waals surface area (Å²) in [4.78, 5) is 16.4. The lowest BCUT2D eigenvalue weighted by Crippen LogP contribution is -2.36. The quantitative estimate of drug-likeness (QED) is 0.838. The third-order valence-electron chi connectivity index (χ3n) is 4.21. The molecule has 0 saturated heterocycles. The van der Waals surface area contributed by atoms with Crippen LogP contribution in [0.5, 0.6) is 0 Å². The number of nitrogens with two attached hydrogens (primary N) is 1. The highest BCUT2D eigenvalue weighted by Crippen LogP contribution is 2.38. The fourth-order valence-electron chi connectivity index (χ4n) is 2.95. The van der Waals surface area contributed by atoms with E-state index in [1.165, 1.54) is 19.3 Å². The van der Waals surface area contributed by atoms with E-state index >= 15 is 0 Å². The summed E-state index contributed by atoms with van der Waals surface area (Å²) >= 11 is 5.81. The van der Waals surface area contributed by atoms with Gasteiger partial charge >= 0.3 is 0 Å². The third kappa shape index (κ3) is 3.70. The van der Waals surface area contributed by atoms with E-state index in [0.717, 1.165) is 24.2 Å². The molecule has 0 spiro atoms. The van der Waals surface area contributed by atoms with E-state index in [-0.39, 0.29) is 11.3 Å². The van der Waals surface area contributed by atoms with Crippen LogP contribution >= 0.6 is 11.6 Å². The first kappa shape index (κ1) is 15.3. The van der Waals surface area contributed by atoms with Crippen LogP contribution in [0.1, 0.15) is 44.2 Å². The number of pyridine rings is 1. The molecule has 110 valence electrons. The van der Waals surface area contributed by atoms with Gasteiger partial charge in [0.2, 0.25) is 5.91 Å². The summed E-state index contributed by atoms with van der Waals surface area (Å²) in [5.41, 5.74) is 7.36. The predicted molar refractivity (Wildman–Crippen MR) is 81.8 cm³/mol. The lowest BCUT2D eigenvalue weighted by molar-refractivity contribution is -0.118. The van der Waals surface area contributed by atoms with Crippen LogP contribution in [0, 0.1) is 12.3 Å². The Labute approximate surface area is 125 Å². The molecular formula is C15H22ClN3O. The molecule has 1 heterocycles. The Kier molecular flexibility index (Phi) is 5.00. The number of hydrogen-bond acceptors (Lipinski definition) is 3. The Morgan fingerprint density at radius 3 is 2.70 bits per heavy atom. The normalized spacial score (nSPS) is 17.8. The summed E-state index contributed by atoms with van der Waals surface area (Å²) in [5.74, 6) is 0.0181. The minimum Gasteiger partial charge on any atom is -0.330 e. The Bertz CT molecular complexity index is 484. The van der Waals surface area contributed by atoms with E-state index in [2.05, 4.69) is 10.3 Å². The molecule has 3 N–H and O–H groups in total. The molecule has 1 aliphatic carbocycles. The van der Waals surface area contributed by atoms with Crippen LogP contribution < -0.4 is 11.1 Å². The van der Waals surface area contributed by atoms with Crippen molar-refractivity contribution in [2.75, 3.05) is 11.9 Å². The van der Waals surface area contributed by atoms with Crippen LogP contribution in [0.4, 0.5) is 5.69 Å². The highest BCUT2D eigenvalue weighted by molar-refractivity contribution is 6.29. The van der Waals surface area contributed by atoms with Gasteiger partial charge in [-0.3, -0.25) is 4.79 Å². The Hall–Kier alpha value is -1.13. The lowest BCUT2D eigenvalue weighted by Gasteiger charge is -2.35. The smallest absolute Gasteiger partial charge is 0.225 e. The summed E-state index contributed by atoms with van der Waals surface area (Å²) in [5, 5.41) is 3.36. The molecular weight excluding hydrogens is 274 g/mol. The summed E-state index contributed by atoms with van der Waals surface area (Å²) in [6, 6.07) is 3.47. The van der Waals surface area contributed by atoms with Crippen molar-refractivity contribution in [3.05, 3.63) is 23.0 Å². The molecule has 0 unspecified atom stereocenters. The highest BCUT2D eigenvalue weighted by Gasteiger charge is 2.33. The number of halogens is 1. The van der Waals surface area contributed by atoms with Crippen LogP contribution in [0.25, 0.3) is 0 Å². The maximum atomic E-state index is 12.3. The standard InChI is InChI=1S/C15H22ClN3O/c1-11-12(5-6-13(16)18-11)19-14(20)9-15(10-17)7-3-2-4-8-15/h5-6H,2-4,7-10,17H2,1H3,(H,19,20). The molecule has 0 bridgehead atoms. The first-order valence-corrected chi connectivity index (χ1v) is 7.55. The predicted octanol–water partition coefficient (Wildman–Crippen LogP) is 3.28. The van der Waals surface area contributed by atoms with Gasteiger partial charge in [-0.2, -0.15) is 0 Å². The molecule has 1 aromatic rings. The first-order chi connectivity index (χ1) is 9.54. The fraction of sp³-hybridized carbons (Fsp3) is 0.600. The van der Waals surface area contributed by atoms with Gasteiger partial charge in [-0.1, -0.05) is 30.9 Å². The summed E-state index contributed by atoms with van der Waals surface area (Å²) in [6.07, 6.45) is 6.19. The number of nitrogens with one attached hydrogen (secondary N) is 1. The van der Waals surface area contributed by atoms with Crippen LogP contribution in [0.2, 0.25) is 5.15 Å². The second-order valence-electron chi connectivity index (χ2n) is 5.76. The van der Waals surface area contributed by atoms with Gasteiger partial charge in [-0.15, -0.1) is 0 Å². The molecule has 0 atom stereocenters. The highest BCUT2D eigenvalue weighted by atomic mass is 35.5. The molecule has 1 amide bonds. The van der Waals surface area contributed by atoms with Gasteiger partial charge in [0.25, 0.3) is 0 Å². The zero-order chi connectivity index (χ0) is 14.6. The van der Waals surface area contributed by atoms with Crippen molar-refractivity contribution < 1.29 is 4.79 Å². The molecule has 1 fully saturated rings. The lowest BCUT2D eigenvalue weighted by atomic mass is 9.71. The van der Waals surface area contributed by atoms with Crippen LogP contribution in [0.15, 0.2) is 12.1 Å². The van der Waals surface area contributed by atoms with Gasteiger partial charge in [0, 0.05) is 6.42 Å². The first-order valence-electron chi connectivity index (χ1n) is 7.18. The maximum Gasteiger partial charge on any atom is 0.225 e. The molecule has 0 aliphatic heterocycles. The van der Waals surface area contributed by atoms with Gasteiger partial charge < -0.3 is 11.1 Å². The Balaban J connectivity index is 2.00. The number of rotatable bonds is 4. The number of anilines is 1. The zero-order valence-corrected chi connectivity index (χ0v) is 12.7. The largest absolute Gasteiger partial charge is 0.330 e. The SMILES string of the molecule is Cc1nc(Cl)ccc1NC(=O)CC1(CN)CCCCC1. The van der Waals surface area contributed by atoms with Crippen LogP contribution in [-0.4, -0.2) is 17.4 Å². The van der Waals surface area contributed by atoms with Gasteiger partial charge in [0.1, 0.15) is 5.15 Å². The topological polar surface area (TPSA) is 68.0 Å². The maximum absolute atomic E-state index is 12.3. The van der Waals surface area contributed by atoms with E-state index in [1.54, 1.807) is 12.1 Å².